The Morgan fingerprint density at radius 2 is 2.09 bits per heavy atom. The molecule has 1 atom stereocenters. The van der Waals surface area contributed by atoms with E-state index in [1.807, 2.05) is 0 Å². The average Bonchev–Trinajstić information content (AvgIpc) is 2.49. The summed E-state index contributed by atoms with van der Waals surface area (Å²) in [4.78, 5) is 14.5. The van der Waals surface area contributed by atoms with Gasteiger partial charge in [-0.3, -0.25) is 9.69 Å². The number of carbonyl (C=O) groups excluding carboxylic acids is 1. The summed E-state index contributed by atoms with van der Waals surface area (Å²) < 4.78 is 5.73. The maximum Gasteiger partial charge on any atom is 0.224 e. The molecular weight excluding hydrogens is 335 g/mol. The van der Waals surface area contributed by atoms with Crippen molar-refractivity contribution in [3.63, 3.8) is 0 Å². The fourth-order valence-electron chi connectivity index (χ4n) is 2.74. The van der Waals surface area contributed by atoms with Crippen LogP contribution in [0.3, 0.4) is 0 Å². The predicted octanol–water partition coefficient (Wildman–Crippen LogP) is 3.01. The molecule has 1 aromatic rings. The van der Waals surface area contributed by atoms with Gasteiger partial charge in [-0.25, -0.2) is 0 Å². The quantitative estimate of drug-likeness (QED) is 0.849. The Hall–Kier alpha value is -0.810. The van der Waals surface area contributed by atoms with Gasteiger partial charge < -0.3 is 10.1 Å². The molecule has 0 radical (unpaired) electrons. The summed E-state index contributed by atoms with van der Waals surface area (Å²) in [5, 5.41) is 3.96. The van der Waals surface area contributed by atoms with Crippen molar-refractivity contribution in [1.82, 2.24) is 10.2 Å². The molecule has 2 rings (SSSR count). The molecule has 1 saturated heterocycles. The van der Waals surface area contributed by atoms with Crippen LogP contribution in [-0.2, 0) is 16.0 Å². The first-order chi connectivity index (χ1) is 11.0. The fourth-order valence-corrected chi connectivity index (χ4v) is 3.27. The van der Waals surface area contributed by atoms with Crippen molar-refractivity contribution in [3.8, 4) is 0 Å². The second-order valence-corrected chi connectivity index (χ2v) is 7.14. The van der Waals surface area contributed by atoms with Gasteiger partial charge in [0, 0.05) is 36.2 Å². The van der Waals surface area contributed by atoms with E-state index in [0.717, 1.165) is 19.6 Å². The summed E-state index contributed by atoms with van der Waals surface area (Å²) in [6, 6.07) is 5.25. The molecule has 1 aliphatic rings. The van der Waals surface area contributed by atoms with Crippen LogP contribution in [0.2, 0.25) is 10.0 Å². The van der Waals surface area contributed by atoms with Crippen molar-refractivity contribution in [1.29, 1.82) is 0 Å². The van der Waals surface area contributed by atoms with Crippen molar-refractivity contribution in [2.45, 2.75) is 26.4 Å². The van der Waals surface area contributed by atoms with Gasteiger partial charge in [-0.1, -0.05) is 43.1 Å². The second kappa shape index (κ2) is 8.88. The fraction of sp³-hybridized carbons (Fsp3) is 0.588. The smallest absolute Gasteiger partial charge is 0.224 e. The number of nitrogens with one attached hydrogen (secondary N) is 1. The lowest BCUT2D eigenvalue weighted by Gasteiger charge is -2.34. The van der Waals surface area contributed by atoms with E-state index in [9.17, 15) is 4.79 Å². The van der Waals surface area contributed by atoms with Gasteiger partial charge in [-0.05, 0) is 23.6 Å². The monoisotopic (exact) mass is 358 g/mol. The highest BCUT2D eigenvalue weighted by Gasteiger charge is 2.21. The van der Waals surface area contributed by atoms with Crippen LogP contribution in [0.4, 0.5) is 0 Å². The van der Waals surface area contributed by atoms with Crippen LogP contribution in [0.1, 0.15) is 19.4 Å². The topological polar surface area (TPSA) is 41.6 Å². The number of nitrogens with zero attached hydrogens (tertiary/aromatic N) is 1. The van der Waals surface area contributed by atoms with Crippen LogP contribution in [0, 0.1) is 5.92 Å². The van der Waals surface area contributed by atoms with Gasteiger partial charge in [0.1, 0.15) is 0 Å². The van der Waals surface area contributed by atoms with Crippen LogP contribution in [0.25, 0.3) is 0 Å². The highest BCUT2D eigenvalue weighted by atomic mass is 35.5. The molecule has 128 valence electrons. The SMILES string of the molecule is CC(C)CN1CCO[C@@H](CNC(=O)Cc2c(Cl)cccc2Cl)C1. The lowest BCUT2D eigenvalue weighted by Crippen LogP contribution is -2.48. The van der Waals surface area contributed by atoms with Gasteiger partial charge in [-0.2, -0.15) is 0 Å². The maximum atomic E-state index is 12.1. The van der Waals surface area contributed by atoms with Crippen LogP contribution in [-0.4, -0.2) is 49.7 Å². The maximum absolute atomic E-state index is 12.1. The molecule has 1 aromatic carbocycles. The highest BCUT2D eigenvalue weighted by molar-refractivity contribution is 6.36. The predicted molar refractivity (Wildman–Crippen MR) is 94.2 cm³/mol. The third-order valence-corrected chi connectivity index (χ3v) is 4.48. The minimum atomic E-state index is -0.0930. The van der Waals surface area contributed by atoms with Gasteiger partial charge in [0.05, 0.1) is 19.1 Å². The molecule has 1 N–H and O–H groups in total. The number of benzene rings is 1. The summed E-state index contributed by atoms with van der Waals surface area (Å²) >= 11 is 12.2. The van der Waals surface area contributed by atoms with E-state index >= 15 is 0 Å². The standard InChI is InChI=1S/C17H24Cl2N2O2/c1-12(2)10-21-6-7-23-13(11-21)9-20-17(22)8-14-15(18)4-3-5-16(14)19/h3-5,12-13H,6-11H2,1-2H3,(H,20,22)/t13-/m0/s1. The number of hydrogen-bond acceptors (Lipinski definition) is 3. The summed E-state index contributed by atoms with van der Waals surface area (Å²) in [7, 11) is 0. The Balaban J connectivity index is 1.80. The van der Waals surface area contributed by atoms with E-state index in [1.54, 1.807) is 18.2 Å². The average molecular weight is 359 g/mol. The van der Waals surface area contributed by atoms with Gasteiger partial charge in [0.15, 0.2) is 0 Å². The Labute approximate surface area is 148 Å². The van der Waals surface area contributed by atoms with Crippen molar-refractivity contribution >= 4 is 29.1 Å². The van der Waals surface area contributed by atoms with Crippen LogP contribution in [0.15, 0.2) is 18.2 Å². The zero-order valence-electron chi connectivity index (χ0n) is 13.6. The Morgan fingerprint density at radius 1 is 1.39 bits per heavy atom. The van der Waals surface area contributed by atoms with Crippen molar-refractivity contribution in [2.75, 3.05) is 32.8 Å². The van der Waals surface area contributed by atoms with Gasteiger partial charge in [-0.15, -0.1) is 0 Å². The molecule has 6 heteroatoms. The van der Waals surface area contributed by atoms with Crippen molar-refractivity contribution < 1.29 is 9.53 Å². The minimum absolute atomic E-state index is 0.0353. The lowest BCUT2D eigenvalue weighted by molar-refractivity contribution is -0.121. The number of hydrogen-bond donors (Lipinski definition) is 1. The molecular formula is C17H24Cl2N2O2. The van der Waals surface area contributed by atoms with Crippen LogP contribution >= 0.6 is 23.2 Å². The summed E-state index contributed by atoms with van der Waals surface area (Å²) in [5.74, 6) is 0.537. The van der Waals surface area contributed by atoms with Gasteiger partial charge in [0.25, 0.3) is 0 Å². The zero-order chi connectivity index (χ0) is 16.8. The lowest BCUT2D eigenvalue weighted by atomic mass is 10.1. The van der Waals surface area contributed by atoms with E-state index in [2.05, 4.69) is 24.1 Å². The molecule has 0 unspecified atom stereocenters. The molecule has 0 aliphatic carbocycles. The van der Waals surface area contributed by atoms with Crippen LogP contribution < -0.4 is 5.32 Å². The summed E-state index contributed by atoms with van der Waals surface area (Å²) in [5.41, 5.74) is 0.666. The number of carbonyl (C=O) groups is 1. The summed E-state index contributed by atoms with van der Waals surface area (Å²) in [6.45, 7) is 8.50. The molecule has 1 aliphatic heterocycles. The Kier molecular flexibility index (Phi) is 7.15. The first-order valence-electron chi connectivity index (χ1n) is 7.99. The van der Waals surface area contributed by atoms with Crippen LogP contribution in [0.5, 0.6) is 0 Å². The van der Waals surface area contributed by atoms with E-state index < -0.39 is 0 Å². The molecule has 0 spiro atoms. The van der Waals surface area contributed by atoms with E-state index in [0.29, 0.717) is 34.7 Å². The number of morpholine rings is 1. The third-order valence-electron chi connectivity index (χ3n) is 3.77. The number of halogens is 2. The second-order valence-electron chi connectivity index (χ2n) is 6.33. The molecule has 1 heterocycles. The molecule has 4 nitrogen and oxygen atoms in total. The Morgan fingerprint density at radius 3 is 2.74 bits per heavy atom. The molecule has 0 saturated carbocycles. The first kappa shape index (κ1) is 18.5. The van der Waals surface area contributed by atoms with Crippen molar-refractivity contribution in [3.05, 3.63) is 33.8 Å². The van der Waals surface area contributed by atoms with Gasteiger partial charge in [0.2, 0.25) is 5.91 Å². The largest absolute Gasteiger partial charge is 0.374 e. The van der Waals surface area contributed by atoms with E-state index in [-0.39, 0.29) is 18.4 Å². The normalized spacial score (nSPS) is 19.1. The molecule has 0 aromatic heterocycles. The van der Waals surface area contributed by atoms with Crippen molar-refractivity contribution in [2.24, 2.45) is 5.92 Å². The number of amides is 1. The minimum Gasteiger partial charge on any atom is -0.374 e. The van der Waals surface area contributed by atoms with E-state index in [1.165, 1.54) is 0 Å². The van der Waals surface area contributed by atoms with Gasteiger partial charge >= 0.3 is 0 Å². The molecule has 1 amide bonds. The van der Waals surface area contributed by atoms with E-state index in [4.69, 9.17) is 27.9 Å². The summed E-state index contributed by atoms with van der Waals surface area (Å²) in [6.07, 6.45) is 0.217. The zero-order valence-corrected chi connectivity index (χ0v) is 15.2. The Bertz CT molecular complexity index is 517. The highest BCUT2D eigenvalue weighted by Crippen LogP contribution is 2.24. The number of ether oxygens (including phenoxy) is 1. The molecule has 23 heavy (non-hydrogen) atoms. The molecule has 0 bridgehead atoms. The number of rotatable bonds is 6. The first-order valence-corrected chi connectivity index (χ1v) is 8.75. The molecule has 1 fully saturated rings. The third kappa shape index (κ3) is 5.96.